The second-order valence-electron chi connectivity index (χ2n) is 8.26. The van der Waals surface area contributed by atoms with Gasteiger partial charge in [-0.15, -0.1) is 11.3 Å². The topological polar surface area (TPSA) is 107 Å². The van der Waals surface area contributed by atoms with Crippen LogP contribution >= 0.6 is 22.7 Å². The molecule has 1 saturated heterocycles. The molecular formula is C23H29N7O2S2. The number of rotatable bonds is 8. The second-order valence-corrected chi connectivity index (χ2v) is 9.78. The number of nitrogens with two attached hydrogens (primary N) is 1. The molecule has 4 heterocycles. The molecule has 0 unspecified atom stereocenters. The van der Waals surface area contributed by atoms with Gasteiger partial charge in [0.1, 0.15) is 5.69 Å². The van der Waals surface area contributed by atoms with Crippen LogP contribution in [0.15, 0.2) is 45.9 Å². The molecule has 1 aliphatic heterocycles. The Morgan fingerprint density at radius 1 is 1.09 bits per heavy atom. The van der Waals surface area contributed by atoms with Gasteiger partial charge in [0.05, 0.1) is 17.1 Å². The first kappa shape index (κ1) is 24.1. The fraction of sp³-hybridized carbons (Fsp3) is 0.348. The van der Waals surface area contributed by atoms with Gasteiger partial charge < -0.3 is 26.2 Å². The van der Waals surface area contributed by atoms with Crippen molar-refractivity contribution in [3.63, 3.8) is 0 Å². The van der Waals surface area contributed by atoms with Gasteiger partial charge in [-0.3, -0.25) is 14.7 Å². The second kappa shape index (κ2) is 11.4. The molecule has 0 bridgehead atoms. The number of piperazine rings is 1. The van der Waals surface area contributed by atoms with Gasteiger partial charge in [0, 0.05) is 68.2 Å². The molecule has 34 heavy (non-hydrogen) atoms. The molecule has 180 valence electrons. The lowest BCUT2D eigenvalue weighted by Gasteiger charge is -2.34. The lowest BCUT2D eigenvalue weighted by molar-refractivity contribution is 0.102. The van der Waals surface area contributed by atoms with Crippen molar-refractivity contribution in [1.82, 2.24) is 19.7 Å². The number of pyridine rings is 1. The van der Waals surface area contributed by atoms with Crippen LogP contribution in [0.1, 0.15) is 16.1 Å². The van der Waals surface area contributed by atoms with Crippen LogP contribution in [0.3, 0.4) is 0 Å². The van der Waals surface area contributed by atoms with Crippen molar-refractivity contribution < 1.29 is 9.59 Å². The third-order valence-electron chi connectivity index (χ3n) is 5.71. The number of nitrogens with one attached hydrogen (secondary N) is 2. The minimum absolute atomic E-state index is 0.151. The first-order chi connectivity index (χ1) is 16.5. The molecule has 0 aliphatic carbocycles. The summed E-state index contributed by atoms with van der Waals surface area (Å²) in [5, 5.41) is 13.1. The summed E-state index contributed by atoms with van der Waals surface area (Å²) in [7, 11) is 2.13. The highest BCUT2D eigenvalue weighted by molar-refractivity contribution is 7.09. The number of nitrogens with zero attached hydrogens (tertiary/aromatic N) is 4. The fourth-order valence-electron chi connectivity index (χ4n) is 3.59. The molecule has 0 spiro atoms. The maximum Gasteiger partial charge on any atom is 0.322 e. The summed E-state index contributed by atoms with van der Waals surface area (Å²) in [6, 6.07) is 5.24. The van der Waals surface area contributed by atoms with E-state index < -0.39 is 0 Å². The number of hydrogen-bond donors (Lipinski definition) is 3. The van der Waals surface area contributed by atoms with E-state index in [0.29, 0.717) is 30.2 Å². The Hall–Kier alpha value is -2.99. The van der Waals surface area contributed by atoms with E-state index >= 15 is 0 Å². The normalized spacial score (nSPS) is 14.6. The van der Waals surface area contributed by atoms with Gasteiger partial charge >= 0.3 is 6.03 Å². The van der Waals surface area contributed by atoms with Gasteiger partial charge in [-0.05, 0) is 30.1 Å². The van der Waals surface area contributed by atoms with Crippen molar-refractivity contribution in [2.24, 2.45) is 0 Å². The van der Waals surface area contributed by atoms with E-state index in [1.54, 1.807) is 27.9 Å². The first-order valence-corrected chi connectivity index (χ1v) is 12.9. The van der Waals surface area contributed by atoms with Crippen LogP contribution in [-0.2, 0) is 6.54 Å². The molecule has 3 aromatic rings. The fourth-order valence-corrected chi connectivity index (χ4v) is 4.85. The number of aromatic nitrogens is 1. The van der Waals surface area contributed by atoms with Crippen LogP contribution < -0.4 is 16.4 Å². The van der Waals surface area contributed by atoms with Crippen LogP contribution in [0.4, 0.5) is 21.9 Å². The van der Waals surface area contributed by atoms with E-state index in [0.717, 1.165) is 44.0 Å². The molecule has 3 aromatic heterocycles. The van der Waals surface area contributed by atoms with Crippen LogP contribution in [0.25, 0.3) is 0 Å². The van der Waals surface area contributed by atoms with Crippen LogP contribution in [0.2, 0.25) is 0 Å². The van der Waals surface area contributed by atoms with Gasteiger partial charge in [-0.25, -0.2) is 4.79 Å². The van der Waals surface area contributed by atoms with Crippen molar-refractivity contribution in [1.29, 1.82) is 0 Å². The number of amides is 3. The number of urea groups is 1. The summed E-state index contributed by atoms with van der Waals surface area (Å²) in [6.45, 7) is 5.86. The van der Waals surface area contributed by atoms with E-state index in [-0.39, 0.29) is 11.9 Å². The van der Waals surface area contributed by atoms with Crippen molar-refractivity contribution in [2.45, 2.75) is 6.54 Å². The Labute approximate surface area is 207 Å². The maximum atomic E-state index is 13.0. The lowest BCUT2D eigenvalue weighted by Crippen LogP contribution is -2.48. The molecule has 4 rings (SSSR count). The molecule has 0 saturated carbocycles. The molecule has 9 nitrogen and oxygen atoms in total. The number of nitrogen functional groups attached to an aromatic ring is 1. The lowest BCUT2D eigenvalue weighted by atomic mass is 10.2. The summed E-state index contributed by atoms with van der Waals surface area (Å²) in [4.78, 5) is 36.3. The summed E-state index contributed by atoms with van der Waals surface area (Å²) >= 11 is 2.96. The quantitative estimate of drug-likeness (QED) is 0.439. The number of carbonyl (C=O) groups is 2. The Bertz CT molecular complexity index is 1080. The zero-order valence-electron chi connectivity index (χ0n) is 19.1. The monoisotopic (exact) mass is 499 g/mol. The molecular weight excluding hydrogens is 470 g/mol. The predicted molar refractivity (Wildman–Crippen MR) is 139 cm³/mol. The van der Waals surface area contributed by atoms with E-state index in [1.165, 1.54) is 22.7 Å². The van der Waals surface area contributed by atoms with Crippen molar-refractivity contribution in [2.75, 3.05) is 62.7 Å². The van der Waals surface area contributed by atoms with Gasteiger partial charge in [-0.1, -0.05) is 6.07 Å². The summed E-state index contributed by atoms with van der Waals surface area (Å²) in [5.74, 6) is -0.321. The minimum atomic E-state index is -0.321. The number of likely N-dealkylation sites (N-methyl/N-ethyl adjacent to an activating group) is 1. The zero-order valence-corrected chi connectivity index (χ0v) is 20.7. The smallest absolute Gasteiger partial charge is 0.322 e. The van der Waals surface area contributed by atoms with E-state index in [4.69, 9.17) is 5.73 Å². The van der Waals surface area contributed by atoms with E-state index in [1.807, 2.05) is 22.9 Å². The Morgan fingerprint density at radius 3 is 2.56 bits per heavy atom. The summed E-state index contributed by atoms with van der Waals surface area (Å²) < 4.78 is 0. The SMILES string of the molecule is CN1CCN(CCN(Cc2ccc(C(=O)Nc3cscc3N)nc2)C(=O)Nc2ccsc2)CC1. The zero-order chi connectivity index (χ0) is 23.9. The Kier molecular flexibility index (Phi) is 8.12. The average molecular weight is 500 g/mol. The molecule has 11 heteroatoms. The van der Waals surface area contributed by atoms with Crippen LogP contribution in [0, 0.1) is 0 Å². The third kappa shape index (κ3) is 6.54. The van der Waals surface area contributed by atoms with E-state index in [9.17, 15) is 9.59 Å². The Morgan fingerprint density at radius 2 is 1.91 bits per heavy atom. The predicted octanol–water partition coefficient (Wildman–Crippen LogP) is 3.32. The first-order valence-electron chi connectivity index (χ1n) is 11.0. The van der Waals surface area contributed by atoms with Gasteiger partial charge in [0.2, 0.25) is 0 Å². The average Bonchev–Trinajstić information content (AvgIpc) is 3.50. The molecule has 3 amide bonds. The van der Waals surface area contributed by atoms with Gasteiger partial charge in [0.25, 0.3) is 5.91 Å². The van der Waals surface area contributed by atoms with Gasteiger partial charge in [0.15, 0.2) is 0 Å². The van der Waals surface area contributed by atoms with Crippen LogP contribution in [-0.4, -0.2) is 77.9 Å². The number of carbonyl (C=O) groups excluding carboxylic acids is 2. The number of anilines is 3. The standard InChI is InChI=1S/C23H29N7O2S2/c1-28-5-7-29(8-6-28)9-10-30(23(32)26-18-4-11-33-14-18)13-17-2-3-20(25-12-17)22(31)27-21-16-34-15-19(21)24/h2-4,11-12,14-16H,5-10,13,24H2,1H3,(H,26,32)(H,27,31). The molecule has 0 aromatic carbocycles. The molecule has 1 fully saturated rings. The highest BCUT2D eigenvalue weighted by Crippen LogP contribution is 2.23. The van der Waals surface area contributed by atoms with E-state index in [2.05, 4.69) is 32.5 Å². The summed E-state index contributed by atoms with van der Waals surface area (Å²) in [6.07, 6.45) is 1.65. The molecule has 1 aliphatic rings. The summed E-state index contributed by atoms with van der Waals surface area (Å²) in [5.41, 5.74) is 8.89. The van der Waals surface area contributed by atoms with Crippen molar-refractivity contribution in [3.8, 4) is 0 Å². The molecule has 0 radical (unpaired) electrons. The van der Waals surface area contributed by atoms with Crippen LogP contribution in [0.5, 0.6) is 0 Å². The van der Waals surface area contributed by atoms with Crippen molar-refractivity contribution in [3.05, 3.63) is 57.2 Å². The highest BCUT2D eigenvalue weighted by atomic mass is 32.1. The third-order valence-corrected chi connectivity index (χ3v) is 7.16. The molecule has 4 N–H and O–H groups in total. The largest absolute Gasteiger partial charge is 0.396 e. The minimum Gasteiger partial charge on any atom is -0.396 e. The van der Waals surface area contributed by atoms with Gasteiger partial charge in [-0.2, -0.15) is 11.3 Å². The number of hydrogen-bond acceptors (Lipinski definition) is 8. The van der Waals surface area contributed by atoms with Crippen molar-refractivity contribution >= 4 is 51.7 Å². The highest BCUT2D eigenvalue weighted by Gasteiger charge is 2.19. The molecule has 0 atom stereocenters. The Balaban J connectivity index is 1.39. The number of thiophene rings is 2. The maximum absolute atomic E-state index is 13.0.